The molecule has 0 atom stereocenters. The number of nitro groups is 1. The van der Waals surface area contributed by atoms with Crippen LogP contribution in [-0.2, 0) is 0 Å². The van der Waals surface area contributed by atoms with E-state index >= 15 is 0 Å². The molecule has 0 heterocycles. The molecular weight excluding hydrogens is 236 g/mol. The van der Waals surface area contributed by atoms with Gasteiger partial charge in [0.15, 0.2) is 0 Å². The SMILES string of the molecule is Cc1cccc(C(=O)NC2(CO)CC2)c1[N+](=O)[O-]. The first-order chi connectivity index (χ1) is 8.49. The quantitative estimate of drug-likeness (QED) is 0.619. The molecule has 0 bridgehead atoms. The zero-order valence-electron chi connectivity index (χ0n) is 9.97. The Labute approximate surface area is 104 Å². The second-order valence-corrected chi connectivity index (χ2v) is 4.62. The van der Waals surface area contributed by atoms with Gasteiger partial charge in [0.25, 0.3) is 11.6 Å². The average Bonchev–Trinajstić information content (AvgIpc) is 3.08. The second-order valence-electron chi connectivity index (χ2n) is 4.62. The molecule has 1 fully saturated rings. The monoisotopic (exact) mass is 250 g/mol. The molecule has 1 aliphatic carbocycles. The molecule has 0 aromatic heterocycles. The first-order valence-electron chi connectivity index (χ1n) is 5.66. The molecule has 2 rings (SSSR count). The summed E-state index contributed by atoms with van der Waals surface area (Å²) >= 11 is 0. The normalized spacial score (nSPS) is 16.1. The molecule has 0 unspecified atom stereocenters. The summed E-state index contributed by atoms with van der Waals surface area (Å²) in [6.07, 6.45) is 1.41. The minimum absolute atomic E-state index is 0.0414. The van der Waals surface area contributed by atoms with Gasteiger partial charge >= 0.3 is 0 Å². The third-order valence-electron chi connectivity index (χ3n) is 3.20. The van der Waals surface area contributed by atoms with Crippen molar-refractivity contribution in [1.82, 2.24) is 5.32 Å². The van der Waals surface area contributed by atoms with Crippen LogP contribution >= 0.6 is 0 Å². The number of hydrogen-bond donors (Lipinski definition) is 2. The maximum Gasteiger partial charge on any atom is 0.285 e. The van der Waals surface area contributed by atoms with Crippen LogP contribution in [-0.4, -0.2) is 28.1 Å². The van der Waals surface area contributed by atoms with Gasteiger partial charge in [-0.2, -0.15) is 0 Å². The molecule has 96 valence electrons. The molecule has 1 saturated carbocycles. The number of nitrogens with zero attached hydrogens (tertiary/aromatic N) is 1. The van der Waals surface area contributed by atoms with E-state index in [4.69, 9.17) is 5.11 Å². The second kappa shape index (κ2) is 4.38. The van der Waals surface area contributed by atoms with Crippen LogP contribution in [0.25, 0.3) is 0 Å². The molecule has 0 saturated heterocycles. The molecule has 6 nitrogen and oxygen atoms in total. The van der Waals surface area contributed by atoms with Crippen molar-refractivity contribution in [2.24, 2.45) is 0 Å². The van der Waals surface area contributed by atoms with Crippen molar-refractivity contribution in [2.45, 2.75) is 25.3 Å². The molecule has 1 aromatic carbocycles. The van der Waals surface area contributed by atoms with Gasteiger partial charge in [0.2, 0.25) is 0 Å². The number of rotatable bonds is 4. The number of hydrogen-bond acceptors (Lipinski definition) is 4. The Morgan fingerprint density at radius 1 is 1.56 bits per heavy atom. The van der Waals surface area contributed by atoms with Crippen molar-refractivity contribution in [1.29, 1.82) is 0 Å². The van der Waals surface area contributed by atoms with Crippen LogP contribution in [0, 0.1) is 17.0 Å². The summed E-state index contributed by atoms with van der Waals surface area (Å²) in [5.41, 5.74) is -0.265. The van der Waals surface area contributed by atoms with Crippen LogP contribution in [0.15, 0.2) is 18.2 Å². The number of aryl methyl sites for hydroxylation is 1. The largest absolute Gasteiger partial charge is 0.394 e. The van der Waals surface area contributed by atoms with Crippen LogP contribution in [0.5, 0.6) is 0 Å². The fourth-order valence-electron chi connectivity index (χ4n) is 1.87. The number of nitro benzene ring substituents is 1. The van der Waals surface area contributed by atoms with Gasteiger partial charge in [-0.15, -0.1) is 0 Å². The van der Waals surface area contributed by atoms with Crippen molar-refractivity contribution < 1.29 is 14.8 Å². The summed E-state index contributed by atoms with van der Waals surface area (Å²) in [5.74, 6) is -0.503. The lowest BCUT2D eigenvalue weighted by Gasteiger charge is -2.14. The number of para-hydroxylation sites is 1. The van der Waals surface area contributed by atoms with Gasteiger partial charge in [-0.3, -0.25) is 14.9 Å². The van der Waals surface area contributed by atoms with Crippen molar-refractivity contribution in [2.75, 3.05) is 6.61 Å². The molecule has 0 aliphatic heterocycles. The van der Waals surface area contributed by atoms with E-state index in [1.54, 1.807) is 19.1 Å². The topological polar surface area (TPSA) is 92.5 Å². The highest BCUT2D eigenvalue weighted by Crippen LogP contribution is 2.35. The molecule has 0 radical (unpaired) electrons. The lowest BCUT2D eigenvalue weighted by molar-refractivity contribution is -0.385. The van der Waals surface area contributed by atoms with Crippen LogP contribution in [0.1, 0.15) is 28.8 Å². The molecule has 6 heteroatoms. The Morgan fingerprint density at radius 3 is 2.72 bits per heavy atom. The van der Waals surface area contributed by atoms with E-state index in [0.717, 1.165) is 0 Å². The minimum atomic E-state index is -0.575. The van der Waals surface area contributed by atoms with E-state index in [0.29, 0.717) is 18.4 Å². The average molecular weight is 250 g/mol. The summed E-state index contributed by atoms with van der Waals surface area (Å²) in [6, 6.07) is 4.62. The predicted octanol–water partition coefficient (Wildman–Crippen LogP) is 1.16. The fraction of sp³-hybridized carbons (Fsp3) is 0.417. The summed E-state index contributed by atoms with van der Waals surface area (Å²) in [5, 5.41) is 22.8. The Hall–Kier alpha value is -1.95. The maximum absolute atomic E-state index is 12.0. The third kappa shape index (κ3) is 2.19. The standard InChI is InChI=1S/C12H14N2O4/c1-8-3-2-4-9(10(8)14(17)18)11(16)13-12(7-15)5-6-12/h2-4,15H,5-7H2,1H3,(H,13,16). The Balaban J connectivity index is 2.30. The molecule has 1 amide bonds. The van der Waals surface area contributed by atoms with Crippen molar-refractivity contribution >= 4 is 11.6 Å². The first kappa shape index (κ1) is 12.5. The molecule has 18 heavy (non-hydrogen) atoms. The maximum atomic E-state index is 12.0. The highest BCUT2D eigenvalue weighted by molar-refractivity contribution is 5.99. The third-order valence-corrected chi connectivity index (χ3v) is 3.20. The van der Waals surface area contributed by atoms with Gasteiger partial charge in [0, 0.05) is 5.56 Å². The van der Waals surface area contributed by atoms with E-state index in [1.807, 2.05) is 0 Å². The van der Waals surface area contributed by atoms with E-state index < -0.39 is 16.4 Å². The smallest absolute Gasteiger partial charge is 0.285 e. The lowest BCUT2D eigenvalue weighted by atomic mass is 10.1. The fourth-order valence-corrected chi connectivity index (χ4v) is 1.87. The van der Waals surface area contributed by atoms with Gasteiger partial charge in [-0.05, 0) is 25.8 Å². The number of amides is 1. The number of aliphatic hydroxyl groups excluding tert-OH is 1. The van der Waals surface area contributed by atoms with E-state index in [1.165, 1.54) is 6.07 Å². The van der Waals surface area contributed by atoms with Crippen LogP contribution in [0.4, 0.5) is 5.69 Å². The Bertz CT molecular complexity index is 509. The van der Waals surface area contributed by atoms with Crippen molar-refractivity contribution in [3.63, 3.8) is 0 Å². The number of aliphatic hydroxyl groups is 1. The molecule has 2 N–H and O–H groups in total. The van der Waals surface area contributed by atoms with E-state index in [-0.39, 0.29) is 17.9 Å². The lowest BCUT2D eigenvalue weighted by Crippen LogP contribution is -2.39. The van der Waals surface area contributed by atoms with E-state index in [2.05, 4.69) is 5.32 Å². The highest BCUT2D eigenvalue weighted by atomic mass is 16.6. The van der Waals surface area contributed by atoms with Gasteiger partial charge in [0.1, 0.15) is 5.56 Å². The predicted molar refractivity (Wildman–Crippen MR) is 64.4 cm³/mol. The van der Waals surface area contributed by atoms with Crippen LogP contribution in [0.2, 0.25) is 0 Å². The molecule has 1 aromatic rings. The number of nitrogens with one attached hydrogen (secondary N) is 1. The minimum Gasteiger partial charge on any atom is -0.394 e. The zero-order chi connectivity index (χ0) is 13.3. The Kier molecular flexibility index (Phi) is 3.04. The van der Waals surface area contributed by atoms with Gasteiger partial charge < -0.3 is 10.4 Å². The number of benzene rings is 1. The summed E-state index contributed by atoms with van der Waals surface area (Å²) in [6.45, 7) is 1.45. The van der Waals surface area contributed by atoms with Crippen LogP contribution in [0.3, 0.4) is 0 Å². The van der Waals surface area contributed by atoms with Gasteiger partial charge in [-0.1, -0.05) is 12.1 Å². The van der Waals surface area contributed by atoms with Gasteiger partial charge in [0.05, 0.1) is 17.1 Å². The first-order valence-corrected chi connectivity index (χ1v) is 5.66. The van der Waals surface area contributed by atoms with Gasteiger partial charge in [-0.25, -0.2) is 0 Å². The van der Waals surface area contributed by atoms with Crippen LogP contribution < -0.4 is 5.32 Å². The highest BCUT2D eigenvalue weighted by Gasteiger charge is 2.44. The van der Waals surface area contributed by atoms with Crippen molar-refractivity contribution in [3.05, 3.63) is 39.4 Å². The molecule has 0 spiro atoms. The summed E-state index contributed by atoms with van der Waals surface area (Å²) in [7, 11) is 0. The summed E-state index contributed by atoms with van der Waals surface area (Å²) < 4.78 is 0. The number of carbonyl (C=O) groups is 1. The van der Waals surface area contributed by atoms with Crippen molar-refractivity contribution in [3.8, 4) is 0 Å². The molecular formula is C12H14N2O4. The Morgan fingerprint density at radius 2 is 2.22 bits per heavy atom. The number of carbonyl (C=O) groups excluding carboxylic acids is 1. The molecule has 1 aliphatic rings. The zero-order valence-corrected chi connectivity index (χ0v) is 9.97. The van der Waals surface area contributed by atoms with E-state index in [9.17, 15) is 14.9 Å². The summed E-state index contributed by atoms with van der Waals surface area (Å²) in [4.78, 5) is 22.4.